The largest absolute Gasteiger partial charge is 0.331 e. The summed E-state index contributed by atoms with van der Waals surface area (Å²) in [7, 11) is 0. The van der Waals surface area contributed by atoms with Gasteiger partial charge in [-0.05, 0) is 11.6 Å². The first kappa shape index (κ1) is 10.9. The molecule has 17 heavy (non-hydrogen) atoms. The molecule has 0 saturated carbocycles. The van der Waals surface area contributed by atoms with Crippen molar-refractivity contribution < 1.29 is 4.79 Å². The van der Waals surface area contributed by atoms with Crippen LogP contribution in [0.2, 0.25) is 0 Å². The van der Waals surface area contributed by atoms with Crippen LogP contribution in [-0.2, 0) is 0 Å². The molecule has 0 bridgehead atoms. The van der Waals surface area contributed by atoms with Crippen molar-refractivity contribution in [3.8, 4) is 6.07 Å². The molecule has 1 unspecified atom stereocenters. The van der Waals surface area contributed by atoms with Crippen LogP contribution >= 0.6 is 0 Å². The van der Waals surface area contributed by atoms with Gasteiger partial charge in [0.1, 0.15) is 11.7 Å². The molecule has 1 aromatic carbocycles. The third kappa shape index (κ3) is 2.49. The maximum absolute atomic E-state index is 11.7. The molecule has 2 aromatic rings. The van der Waals surface area contributed by atoms with E-state index in [2.05, 4.69) is 15.5 Å². The van der Waals surface area contributed by atoms with Crippen LogP contribution in [0.5, 0.6) is 0 Å². The van der Waals surface area contributed by atoms with Gasteiger partial charge >= 0.3 is 0 Å². The first-order valence-corrected chi connectivity index (χ1v) is 5.06. The van der Waals surface area contributed by atoms with Gasteiger partial charge in [0.25, 0.3) is 5.91 Å². The number of hydrogen-bond acceptors (Lipinski definition) is 3. The molecule has 1 amide bonds. The average molecular weight is 226 g/mol. The van der Waals surface area contributed by atoms with Crippen molar-refractivity contribution in [2.75, 3.05) is 0 Å². The van der Waals surface area contributed by atoms with Crippen LogP contribution in [0.25, 0.3) is 0 Å². The van der Waals surface area contributed by atoms with Gasteiger partial charge in [-0.1, -0.05) is 30.3 Å². The number of carbonyl (C=O) groups is 1. The van der Waals surface area contributed by atoms with Gasteiger partial charge in [0.2, 0.25) is 0 Å². The highest BCUT2D eigenvalue weighted by Gasteiger charge is 2.15. The van der Waals surface area contributed by atoms with Gasteiger partial charge in [-0.3, -0.25) is 9.89 Å². The Labute approximate surface area is 98.1 Å². The number of H-pyrrole nitrogens is 1. The van der Waals surface area contributed by atoms with Gasteiger partial charge in [0.15, 0.2) is 0 Å². The molecule has 2 rings (SSSR count). The minimum atomic E-state index is -0.660. The van der Waals surface area contributed by atoms with E-state index in [4.69, 9.17) is 5.26 Å². The summed E-state index contributed by atoms with van der Waals surface area (Å²) in [6.45, 7) is 0. The molecule has 5 heteroatoms. The number of aromatic amines is 1. The fourth-order valence-corrected chi connectivity index (χ4v) is 1.43. The second kappa shape index (κ2) is 4.94. The summed E-state index contributed by atoms with van der Waals surface area (Å²) in [5, 5.41) is 17.9. The highest BCUT2D eigenvalue weighted by molar-refractivity contribution is 5.92. The van der Waals surface area contributed by atoms with Crippen LogP contribution in [0.3, 0.4) is 0 Å². The molecule has 1 heterocycles. The van der Waals surface area contributed by atoms with Gasteiger partial charge < -0.3 is 5.32 Å². The summed E-state index contributed by atoms with van der Waals surface area (Å²) in [4.78, 5) is 11.7. The van der Waals surface area contributed by atoms with Crippen molar-refractivity contribution in [2.24, 2.45) is 0 Å². The van der Waals surface area contributed by atoms with E-state index >= 15 is 0 Å². The standard InChI is InChI=1S/C12H10N4O/c13-8-11(9-4-2-1-3-5-9)15-12(17)10-6-7-14-16-10/h1-7,11H,(H,14,16)(H,15,17). The molecular formula is C12H10N4O. The van der Waals surface area contributed by atoms with Crippen LogP contribution in [0, 0.1) is 11.3 Å². The van der Waals surface area contributed by atoms with E-state index in [0.717, 1.165) is 5.56 Å². The Hall–Kier alpha value is -2.61. The third-order valence-corrected chi connectivity index (χ3v) is 2.28. The SMILES string of the molecule is N#CC(NC(=O)c1ccn[nH]1)c1ccccc1. The molecule has 0 radical (unpaired) electrons. The molecule has 0 aliphatic carbocycles. The van der Waals surface area contributed by atoms with Crippen molar-refractivity contribution in [1.82, 2.24) is 15.5 Å². The lowest BCUT2D eigenvalue weighted by Crippen LogP contribution is -2.27. The number of aromatic nitrogens is 2. The number of hydrogen-bond donors (Lipinski definition) is 2. The maximum atomic E-state index is 11.7. The topological polar surface area (TPSA) is 81.6 Å². The third-order valence-electron chi connectivity index (χ3n) is 2.28. The Morgan fingerprint density at radius 2 is 2.12 bits per heavy atom. The van der Waals surface area contributed by atoms with Crippen LogP contribution in [0.15, 0.2) is 42.6 Å². The molecule has 84 valence electrons. The second-order valence-electron chi connectivity index (χ2n) is 3.42. The van der Waals surface area contributed by atoms with Crippen molar-refractivity contribution in [3.63, 3.8) is 0 Å². The zero-order valence-electron chi connectivity index (χ0n) is 8.92. The van der Waals surface area contributed by atoms with E-state index in [1.54, 1.807) is 18.2 Å². The number of benzene rings is 1. The Morgan fingerprint density at radius 1 is 1.35 bits per heavy atom. The van der Waals surface area contributed by atoms with E-state index in [1.165, 1.54) is 6.20 Å². The first-order chi connectivity index (χ1) is 8.31. The predicted octanol–water partition coefficient (Wildman–Crippen LogP) is 1.40. The number of rotatable bonds is 3. The highest BCUT2D eigenvalue weighted by Crippen LogP contribution is 2.11. The lowest BCUT2D eigenvalue weighted by molar-refractivity contribution is 0.0940. The molecule has 2 N–H and O–H groups in total. The zero-order valence-corrected chi connectivity index (χ0v) is 8.92. The summed E-state index contributed by atoms with van der Waals surface area (Å²) in [5.41, 5.74) is 1.09. The van der Waals surface area contributed by atoms with E-state index in [9.17, 15) is 4.79 Å². The highest BCUT2D eigenvalue weighted by atomic mass is 16.2. The minimum absolute atomic E-state index is 0.334. The van der Waals surface area contributed by atoms with E-state index in [0.29, 0.717) is 5.69 Å². The van der Waals surface area contributed by atoms with Crippen molar-refractivity contribution in [1.29, 1.82) is 5.26 Å². The molecular weight excluding hydrogens is 216 g/mol. The number of nitrogens with one attached hydrogen (secondary N) is 2. The van der Waals surface area contributed by atoms with E-state index in [1.807, 2.05) is 24.3 Å². The number of nitrogens with zero attached hydrogens (tertiary/aromatic N) is 2. The Morgan fingerprint density at radius 3 is 2.71 bits per heavy atom. The molecule has 5 nitrogen and oxygen atoms in total. The fraction of sp³-hybridized carbons (Fsp3) is 0.0833. The normalized spacial score (nSPS) is 11.5. The summed E-state index contributed by atoms with van der Waals surface area (Å²) in [5.74, 6) is -0.349. The van der Waals surface area contributed by atoms with Gasteiger partial charge in [-0.2, -0.15) is 10.4 Å². The summed E-state index contributed by atoms with van der Waals surface area (Å²) in [6.07, 6.45) is 1.48. The molecule has 1 atom stereocenters. The van der Waals surface area contributed by atoms with E-state index in [-0.39, 0.29) is 5.91 Å². The smallest absolute Gasteiger partial charge is 0.270 e. The molecule has 0 spiro atoms. The lowest BCUT2D eigenvalue weighted by atomic mass is 10.1. The summed E-state index contributed by atoms with van der Waals surface area (Å²) < 4.78 is 0. The number of amides is 1. The Balaban J connectivity index is 2.12. The van der Waals surface area contributed by atoms with E-state index < -0.39 is 6.04 Å². The lowest BCUT2D eigenvalue weighted by Gasteiger charge is -2.10. The quantitative estimate of drug-likeness (QED) is 0.830. The summed E-state index contributed by atoms with van der Waals surface area (Å²) in [6, 6.07) is 12.0. The van der Waals surface area contributed by atoms with Crippen LogP contribution < -0.4 is 5.32 Å². The second-order valence-corrected chi connectivity index (χ2v) is 3.42. The van der Waals surface area contributed by atoms with Crippen LogP contribution in [0.1, 0.15) is 22.1 Å². The Kier molecular flexibility index (Phi) is 3.17. The fourth-order valence-electron chi connectivity index (χ4n) is 1.43. The van der Waals surface area contributed by atoms with Crippen molar-refractivity contribution in [3.05, 3.63) is 53.9 Å². The Bertz CT molecular complexity index is 527. The van der Waals surface area contributed by atoms with Gasteiger partial charge in [-0.25, -0.2) is 0 Å². The zero-order chi connectivity index (χ0) is 12.1. The minimum Gasteiger partial charge on any atom is -0.331 e. The van der Waals surface area contributed by atoms with Crippen LogP contribution in [0.4, 0.5) is 0 Å². The molecule has 0 aliphatic heterocycles. The van der Waals surface area contributed by atoms with Crippen LogP contribution in [-0.4, -0.2) is 16.1 Å². The molecule has 0 fully saturated rings. The van der Waals surface area contributed by atoms with Crippen molar-refractivity contribution >= 4 is 5.91 Å². The van der Waals surface area contributed by atoms with Crippen molar-refractivity contribution in [2.45, 2.75) is 6.04 Å². The number of carbonyl (C=O) groups excluding carboxylic acids is 1. The van der Waals surface area contributed by atoms with Gasteiger partial charge in [0, 0.05) is 6.20 Å². The molecule has 1 aromatic heterocycles. The maximum Gasteiger partial charge on any atom is 0.270 e. The first-order valence-electron chi connectivity index (χ1n) is 5.06. The molecule has 0 saturated heterocycles. The average Bonchev–Trinajstić information content (AvgIpc) is 2.90. The van der Waals surface area contributed by atoms with Gasteiger partial charge in [-0.15, -0.1) is 0 Å². The van der Waals surface area contributed by atoms with Gasteiger partial charge in [0.05, 0.1) is 6.07 Å². The summed E-state index contributed by atoms with van der Waals surface area (Å²) >= 11 is 0. The number of nitriles is 1. The predicted molar refractivity (Wildman–Crippen MR) is 60.8 cm³/mol. The monoisotopic (exact) mass is 226 g/mol. The molecule has 0 aliphatic rings.